The monoisotopic (exact) mass is 244 g/mol. The van der Waals surface area contributed by atoms with Gasteiger partial charge in [-0.25, -0.2) is 4.79 Å². The lowest BCUT2D eigenvalue weighted by Crippen LogP contribution is -2.46. The lowest BCUT2D eigenvalue weighted by molar-refractivity contribution is -0.178. The maximum Gasteiger partial charge on any atom is 0.336 e. The number of ether oxygens (including phenoxy) is 2. The zero-order valence-corrected chi connectivity index (χ0v) is 10.7. The molecule has 100 valence electrons. The second kappa shape index (κ2) is 7.67. The average molecular weight is 244 g/mol. The van der Waals surface area contributed by atoms with Crippen molar-refractivity contribution in [3.63, 3.8) is 0 Å². The van der Waals surface area contributed by atoms with Gasteiger partial charge in [0.05, 0.1) is 0 Å². The quantitative estimate of drug-likeness (QED) is 0.667. The highest BCUT2D eigenvalue weighted by Gasteiger charge is 2.41. The lowest BCUT2D eigenvalue weighted by Gasteiger charge is -2.33. The molecule has 1 heterocycles. The fourth-order valence-electron chi connectivity index (χ4n) is 2.09. The molecular weight excluding hydrogens is 220 g/mol. The minimum Gasteiger partial charge on any atom is -0.479 e. The van der Waals surface area contributed by atoms with E-state index in [1.54, 1.807) is 0 Å². The van der Waals surface area contributed by atoms with Crippen LogP contribution in [0.4, 0.5) is 0 Å². The van der Waals surface area contributed by atoms with Crippen molar-refractivity contribution >= 4 is 5.97 Å². The third-order valence-electron chi connectivity index (χ3n) is 3.32. The van der Waals surface area contributed by atoms with Crippen LogP contribution in [0.3, 0.4) is 0 Å². The van der Waals surface area contributed by atoms with Crippen molar-refractivity contribution in [1.82, 2.24) is 0 Å². The molecule has 0 aliphatic carbocycles. The van der Waals surface area contributed by atoms with E-state index in [0.29, 0.717) is 32.7 Å². The topological polar surface area (TPSA) is 55.8 Å². The molecule has 0 unspecified atom stereocenters. The third-order valence-corrected chi connectivity index (χ3v) is 3.32. The standard InChI is InChI=1S/C13H24O4/c1-2-3-4-5-6-9-17-13(12(14)15)7-10-16-11-8-13/h2-11H2,1H3,(H,14,15). The number of carbonyl (C=O) groups is 1. The second-order valence-corrected chi connectivity index (χ2v) is 4.67. The summed E-state index contributed by atoms with van der Waals surface area (Å²) in [4.78, 5) is 11.3. The highest BCUT2D eigenvalue weighted by molar-refractivity contribution is 5.77. The molecule has 4 nitrogen and oxygen atoms in total. The van der Waals surface area contributed by atoms with Gasteiger partial charge in [-0.05, 0) is 6.42 Å². The van der Waals surface area contributed by atoms with Gasteiger partial charge >= 0.3 is 5.97 Å². The van der Waals surface area contributed by atoms with Crippen molar-refractivity contribution in [3.8, 4) is 0 Å². The van der Waals surface area contributed by atoms with Gasteiger partial charge in [0.1, 0.15) is 0 Å². The van der Waals surface area contributed by atoms with E-state index in [9.17, 15) is 9.90 Å². The highest BCUT2D eigenvalue weighted by atomic mass is 16.5. The smallest absolute Gasteiger partial charge is 0.336 e. The molecule has 0 saturated carbocycles. The number of aliphatic carboxylic acids is 1. The van der Waals surface area contributed by atoms with Crippen LogP contribution in [0, 0.1) is 0 Å². The SMILES string of the molecule is CCCCCCCOC1(C(=O)O)CCOCC1. The van der Waals surface area contributed by atoms with Gasteiger partial charge in [0.2, 0.25) is 0 Å². The molecule has 1 N–H and O–H groups in total. The molecule has 0 aromatic heterocycles. The van der Waals surface area contributed by atoms with E-state index in [1.165, 1.54) is 19.3 Å². The number of carboxylic acids is 1. The summed E-state index contributed by atoms with van der Waals surface area (Å²) in [6.45, 7) is 3.71. The van der Waals surface area contributed by atoms with E-state index >= 15 is 0 Å². The van der Waals surface area contributed by atoms with Gasteiger partial charge in [0, 0.05) is 32.7 Å². The van der Waals surface area contributed by atoms with Crippen molar-refractivity contribution < 1.29 is 19.4 Å². The summed E-state index contributed by atoms with van der Waals surface area (Å²) in [6, 6.07) is 0. The lowest BCUT2D eigenvalue weighted by atomic mass is 9.94. The minimum atomic E-state index is -0.983. The molecule has 1 saturated heterocycles. The van der Waals surface area contributed by atoms with Crippen LogP contribution in [-0.4, -0.2) is 36.5 Å². The summed E-state index contributed by atoms with van der Waals surface area (Å²) >= 11 is 0. The van der Waals surface area contributed by atoms with Gasteiger partial charge in [-0.15, -0.1) is 0 Å². The van der Waals surface area contributed by atoms with E-state index in [0.717, 1.165) is 12.8 Å². The Morgan fingerprint density at radius 3 is 2.47 bits per heavy atom. The van der Waals surface area contributed by atoms with E-state index in [2.05, 4.69) is 6.92 Å². The number of hydrogen-bond donors (Lipinski definition) is 1. The maximum atomic E-state index is 11.3. The molecule has 0 spiro atoms. The van der Waals surface area contributed by atoms with Crippen LogP contribution in [0.1, 0.15) is 51.9 Å². The van der Waals surface area contributed by atoms with E-state index < -0.39 is 11.6 Å². The van der Waals surface area contributed by atoms with Gasteiger partial charge in [-0.2, -0.15) is 0 Å². The van der Waals surface area contributed by atoms with E-state index in [-0.39, 0.29) is 0 Å². The Morgan fingerprint density at radius 1 is 1.24 bits per heavy atom. The average Bonchev–Trinajstić information content (AvgIpc) is 2.34. The fourth-order valence-corrected chi connectivity index (χ4v) is 2.09. The normalized spacial score (nSPS) is 19.1. The molecule has 17 heavy (non-hydrogen) atoms. The molecule has 1 rings (SSSR count). The molecule has 0 aromatic rings. The van der Waals surface area contributed by atoms with E-state index in [4.69, 9.17) is 9.47 Å². The maximum absolute atomic E-state index is 11.3. The van der Waals surface area contributed by atoms with Gasteiger partial charge in [0.15, 0.2) is 5.60 Å². The zero-order valence-electron chi connectivity index (χ0n) is 10.7. The molecule has 1 aliphatic heterocycles. The third kappa shape index (κ3) is 4.64. The van der Waals surface area contributed by atoms with Crippen LogP contribution >= 0.6 is 0 Å². The molecule has 1 fully saturated rings. The second-order valence-electron chi connectivity index (χ2n) is 4.67. The Balaban J connectivity index is 2.23. The first kappa shape index (κ1) is 14.5. The Bertz CT molecular complexity index is 221. The molecule has 0 atom stereocenters. The van der Waals surface area contributed by atoms with Crippen molar-refractivity contribution in [2.75, 3.05) is 19.8 Å². The molecule has 1 aliphatic rings. The summed E-state index contributed by atoms with van der Waals surface area (Å²) in [6.07, 6.45) is 6.70. The molecule has 0 bridgehead atoms. The van der Waals surface area contributed by atoms with Gasteiger partial charge in [-0.3, -0.25) is 0 Å². The molecule has 0 aromatic carbocycles. The van der Waals surface area contributed by atoms with Crippen LogP contribution in [-0.2, 0) is 14.3 Å². The number of hydrogen-bond acceptors (Lipinski definition) is 3. The zero-order chi connectivity index (χ0) is 12.6. The van der Waals surface area contributed by atoms with Crippen molar-refractivity contribution in [2.45, 2.75) is 57.5 Å². The summed E-state index contributed by atoms with van der Waals surface area (Å²) in [5.74, 6) is -0.839. The van der Waals surface area contributed by atoms with Crippen molar-refractivity contribution in [3.05, 3.63) is 0 Å². The van der Waals surface area contributed by atoms with Crippen LogP contribution in [0.5, 0.6) is 0 Å². The van der Waals surface area contributed by atoms with Gasteiger partial charge in [0.25, 0.3) is 0 Å². The van der Waals surface area contributed by atoms with Crippen molar-refractivity contribution in [2.24, 2.45) is 0 Å². The summed E-state index contributed by atoms with van der Waals surface area (Å²) in [5, 5.41) is 9.25. The van der Waals surface area contributed by atoms with Gasteiger partial charge in [-0.1, -0.05) is 32.6 Å². The fraction of sp³-hybridized carbons (Fsp3) is 0.923. The van der Waals surface area contributed by atoms with Crippen molar-refractivity contribution in [1.29, 1.82) is 0 Å². The van der Waals surface area contributed by atoms with Crippen LogP contribution in [0.25, 0.3) is 0 Å². The van der Waals surface area contributed by atoms with Crippen LogP contribution < -0.4 is 0 Å². The Hall–Kier alpha value is -0.610. The molecule has 4 heteroatoms. The molecular formula is C13H24O4. The first-order chi connectivity index (χ1) is 8.21. The highest BCUT2D eigenvalue weighted by Crippen LogP contribution is 2.26. The van der Waals surface area contributed by atoms with Gasteiger partial charge < -0.3 is 14.6 Å². The largest absolute Gasteiger partial charge is 0.479 e. The van der Waals surface area contributed by atoms with Crippen LogP contribution in [0.15, 0.2) is 0 Å². The predicted molar refractivity (Wildman–Crippen MR) is 65.1 cm³/mol. The first-order valence-electron chi connectivity index (χ1n) is 6.66. The first-order valence-corrected chi connectivity index (χ1v) is 6.66. The molecule has 0 amide bonds. The predicted octanol–water partition coefficient (Wildman–Crippen LogP) is 2.61. The number of carboxylic acid groups (broad SMARTS) is 1. The Morgan fingerprint density at radius 2 is 1.88 bits per heavy atom. The Labute approximate surface area is 103 Å². The summed E-state index contributed by atoms with van der Waals surface area (Å²) < 4.78 is 10.8. The summed E-state index contributed by atoms with van der Waals surface area (Å²) in [5.41, 5.74) is -0.983. The Kier molecular flexibility index (Phi) is 6.52. The number of rotatable bonds is 8. The summed E-state index contributed by atoms with van der Waals surface area (Å²) in [7, 11) is 0. The number of unbranched alkanes of at least 4 members (excludes halogenated alkanes) is 4. The minimum absolute atomic E-state index is 0.470. The van der Waals surface area contributed by atoms with Crippen LogP contribution in [0.2, 0.25) is 0 Å². The van der Waals surface area contributed by atoms with E-state index in [1.807, 2.05) is 0 Å². The molecule has 0 radical (unpaired) electrons.